The fourth-order valence-electron chi connectivity index (χ4n) is 2.58. The molecule has 1 amide bonds. The van der Waals surface area contributed by atoms with E-state index in [-0.39, 0.29) is 23.7 Å². The quantitative estimate of drug-likeness (QED) is 0.538. The highest BCUT2D eigenvalue weighted by Crippen LogP contribution is 2.24. The minimum Gasteiger partial charge on any atom is -0.469 e. The molecule has 94 valence electrons. The minimum atomic E-state index is -0.139. The number of esters is 1. The van der Waals surface area contributed by atoms with Crippen LogP contribution in [0.15, 0.2) is 12.2 Å². The number of allylic oxidation sites excluding steroid dienone is 2. The summed E-state index contributed by atoms with van der Waals surface area (Å²) in [6, 6.07) is 0. The molecule has 0 aromatic heterocycles. The maximum Gasteiger partial charge on any atom is 0.308 e. The number of ether oxygens (including phenoxy) is 1. The zero-order valence-electron chi connectivity index (χ0n) is 10.2. The largest absolute Gasteiger partial charge is 0.469 e. The average molecular weight is 237 g/mol. The molecule has 17 heavy (non-hydrogen) atoms. The molecule has 0 bridgehead atoms. The van der Waals surface area contributed by atoms with Gasteiger partial charge in [0.15, 0.2) is 0 Å². The monoisotopic (exact) mass is 237 g/mol. The molecule has 1 saturated heterocycles. The first kappa shape index (κ1) is 12.1. The van der Waals surface area contributed by atoms with E-state index in [1.165, 1.54) is 7.11 Å². The average Bonchev–Trinajstić information content (AvgIpc) is 2.91. The molecule has 0 aromatic carbocycles. The zero-order valence-corrected chi connectivity index (χ0v) is 10.2. The maximum absolute atomic E-state index is 12.1. The molecule has 0 unspecified atom stereocenters. The Labute approximate surface area is 102 Å². The molecule has 1 aliphatic heterocycles. The third-order valence-electron chi connectivity index (χ3n) is 3.70. The Morgan fingerprint density at radius 2 is 1.71 bits per heavy atom. The standard InChI is InChI=1S/C13H19NO3/c1-17-13(16)11-6-8-14(9-7-11)12(15)10-4-2-3-5-10/h2-3,10-11H,4-9H2,1H3. The van der Waals surface area contributed by atoms with Gasteiger partial charge in [-0.05, 0) is 25.7 Å². The molecular weight excluding hydrogens is 218 g/mol. The number of carbonyl (C=O) groups is 2. The molecule has 0 spiro atoms. The van der Waals surface area contributed by atoms with Crippen LogP contribution in [-0.4, -0.2) is 37.0 Å². The third kappa shape index (κ3) is 2.68. The first-order valence-corrected chi connectivity index (χ1v) is 6.24. The van der Waals surface area contributed by atoms with Crippen molar-refractivity contribution >= 4 is 11.9 Å². The second-order valence-electron chi connectivity index (χ2n) is 4.76. The van der Waals surface area contributed by atoms with Gasteiger partial charge in [-0.1, -0.05) is 12.2 Å². The van der Waals surface area contributed by atoms with Gasteiger partial charge in [-0.25, -0.2) is 0 Å². The zero-order chi connectivity index (χ0) is 12.3. The lowest BCUT2D eigenvalue weighted by Crippen LogP contribution is -2.42. The Morgan fingerprint density at radius 3 is 2.24 bits per heavy atom. The fourth-order valence-corrected chi connectivity index (χ4v) is 2.58. The highest BCUT2D eigenvalue weighted by Gasteiger charge is 2.31. The summed E-state index contributed by atoms with van der Waals surface area (Å²) in [4.78, 5) is 25.4. The summed E-state index contributed by atoms with van der Waals surface area (Å²) in [5.74, 6) is 0.230. The summed E-state index contributed by atoms with van der Waals surface area (Å²) < 4.78 is 4.73. The van der Waals surface area contributed by atoms with E-state index >= 15 is 0 Å². The molecule has 0 atom stereocenters. The van der Waals surface area contributed by atoms with Gasteiger partial charge in [0.05, 0.1) is 13.0 Å². The van der Waals surface area contributed by atoms with Crippen LogP contribution in [0.3, 0.4) is 0 Å². The Hall–Kier alpha value is -1.32. The number of likely N-dealkylation sites (tertiary alicyclic amines) is 1. The van der Waals surface area contributed by atoms with Gasteiger partial charge in [-0.2, -0.15) is 0 Å². The molecule has 4 heteroatoms. The normalized spacial score (nSPS) is 21.8. The summed E-state index contributed by atoms with van der Waals surface area (Å²) in [6.45, 7) is 1.38. The Morgan fingerprint density at radius 1 is 1.12 bits per heavy atom. The van der Waals surface area contributed by atoms with Crippen LogP contribution in [0.1, 0.15) is 25.7 Å². The molecular formula is C13H19NO3. The van der Waals surface area contributed by atoms with Crippen molar-refractivity contribution in [1.82, 2.24) is 4.90 Å². The van der Waals surface area contributed by atoms with Gasteiger partial charge in [-0.15, -0.1) is 0 Å². The maximum atomic E-state index is 12.1. The Kier molecular flexibility index (Phi) is 3.82. The first-order chi connectivity index (χ1) is 8.22. The van der Waals surface area contributed by atoms with Crippen LogP contribution in [0, 0.1) is 11.8 Å². The fraction of sp³-hybridized carbons (Fsp3) is 0.692. The number of hydrogen-bond donors (Lipinski definition) is 0. The Bertz CT molecular complexity index is 322. The van der Waals surface area contributed by atoms with Crippen LogP contribution in [0.25, 0.3) is 0 Å². The van der Waals surface area contributed by atoms with Gasteiger partial charge in [0.2, 0.25) is 5.91 Å². The summed E-state index contributed by atoms with van der Waals surface area (Å²) in [7, 11) is 1.42. The first-order valence-electron chi connectivity index (χ1n) is 6.24. The number of nitrogens with zero attached hydrogens (tertiary/aromatic N) is 1. The van der Waals surface area contributed by atoms with Crippen molar-refractivity contribution in [3.05, 3.63) is 12.2 Å². The SMILES string of the molecule is COC(=O)C1CCN(C(=O)C2CC=CC2)CC1. The lowest BCUT2D eigenvalue weighted by Gasteiger charge is -2.32. The van der Waals surface area contributed by atoms with Gasteiger partial charge in [0.1, 0.15) is 0 Å². The number of hydrogen-bond acceptors (Lipinski definition) is 3. The third-order valence-corrected chi connectivity index (χ3v) is 3.70. The van der Waals surface area contributed by atoms with Gasteiger partial charge in [-0.3, -0.25) is 9.59 Å². The number of carbonyl (C=O) groups excluding carboxylic acids is 2. The molecule has 2 rings (SSSR count). The van der Waals surface area contributed by atoms with E-state index in [4.69, 9.17) is 4.74 Å². The number of rotatable bonds is 2. The van der Waals surface area contributed by atoms with E-state index < -0.39 is 0 Å². The molecule has 0 radical (unpaired) electrons. The molecule has 1 heterocycles. The summed E-state index contributed by atoms with van der Waals surface area (Å²) in [6.07, 6.45) is 7.36. The van der Waals surface area contributed by atoms with Crippen LogP contribution in [0.2, 0.25) is 0 Å². The summed E-state index contributed by atoms with van der Waals surface area (Å²) in [5, 5.41) is 0. The van der Waals surface area contributed by atoms with E-state index in [0.29, 0.717) is 13.1 Å². The highest BCUT2D eigenvalue weighted by molar-refractivity contribution is 5.80. The van der Waals surface area contributed by atoms with E-state index in [2.05, 4.69) is 12.2 Å². The van der Waals surface area contributed by atoms with Crippen LogP contribution in [0.4, 0.5) is 0 Å². The molecule has 0 aromatic rings. The van der Waals surface area contributed by atoms with Crippen molar-refractivity contribution in [1.29, 1.82) is 0 Å². The van der Waals surface area contributed by atoms with Gasteiger partial charge >= 0.3 is 5.97 Å². The van der Waals surface area contributed by atoms with Gasteiger partial charge in [0.25, 0.3) is 0 Å². The highest BCUT2D eigenvalue weighted by atomic mass is 16.5. The molecule has 0 saturated carbocycles. The van der Waals surface area contributed by atoms with Gasteiger partial charge < -0.3 is 9.64 Å². The van der Waals surface area contributed by atoms with Crippen molar-refractivity contribution in [2.75, 3.05) is 20.2 Å². The summed E-state index contributed by atoms with van der Waals surface area (Å²) >= 11 is 0. The van der Waals surface area contributed by atoms with Crippen molar-refractivity contribution < 1.29 is 14.3 Å². The lowest BCUT2D eigenvalue weighted by molar-refractivity contribution is -0.149. The smallest absolute Gasteiger partial charge is 0.308 e. The number of methoxy groups -OCH3 is 1. The van der Waals surface area contributed by atoms with E-state index in [1.807, 2.05) is 4.90 Å². The van der Waals surface area contributed by atoms with Crippen LogP contribution in [-0.2, 0) is 14.3 Å². The van der Waals surface area contributed by atoms with Crippen molar-refractivity contribution in [2.24, 2.45) is 11.8 Å². The second-order valence-corrected chi connectivity index (χ2v) is 4.76. The van der Waals surface area contributed by atoms with Crippen molar-refractivity contribution in [3.8, 4) is 0 Å². The molecule has 1 aliphatic carbocycles. The molecule has 1 fully saturated rings. The van der Waals surface area contributed by atoms with E-state index in [0.717, 1.165) is 25.7 Å². The molecule has 2 aliphatic rings. The predicted octanol–water partition coefficient (Wildman–Crippen LogP) is 1.36. The van der Waals surface area contributed by atoms with E-state index in [9.17, 15) is 9.59 Å². The van der Waals surface area contributed by atoms with Crippen LogP contribution in [0.5, 0.6) is 0 Å². The lowest BCUT2D eigenvalue weighted by atomic mass is 9.95. The molecule has 0 N–H and O–H groups in total. The number of piperidine rings is 1. The predicted molar refractivity (Wildman–Crippen MR) is 63.2 cm³/mol. The minimum absolute atomic E-state index is 0.0225. The number of amides is 1. The summed E-state index contributed by atoms with van der Waals surface area (Å²) in [5.41, 5.74) is 0. The topological polar surface area (TPSA) is 46.6 Å². The van der Waals surface area contributed by atoms with Crippen LogP contribution < -0.4 is 0 Å². The van der Waals surface area contributed by atoms with Crippen LogP contribution >= 0.6 is 0 Å². The van der Waals surface area contributed by atoms with Crippen molar-refractivity contribution in [2.45, 2.75) is 25.7 Å². The van der Waals surface area contributed by atoms with Crippen molar-refractivity contribution in [3.63, 3.8) is 0 Å². The van der Waals surface area contributed by atoms with Gasteiger partial charge in [0, 0.05) is 19.0 Å². The molecule has 4 nitrogen and oxygen atoms in total. The second kappa shape index (κ2) is 5.34. The Balaban J connectivity index is 1.82. The van der Waals surface area contributed by atoms with E-state index in [1.54, 1.807) is 0 Å².